The summed E-state index contributed by atoms with van der Waals surface area (Å²) in [5.41, 5.74) is 0.549. The minimum atomic E-state index is -3.66. The Kier molecular flexibility index (Phi) is 6.37. The fraction of sp³-hybridized carbons (Fsp3) is 0.533. The summed E-state index contributed by atoms with van der Waals surface area (Å²) in [6.07, 6.45) is 0. The van der Waals surface area contributed by atoms with E-state index in [4.69, 9.17) is 0 Å². The molecule has 0 saturated carbocycles. The third-order valence-electron chi connectivity index (χ3n) is 3.65. The molecule has 6 nitrogen and oxygen atoms in total. The van der Waals surface area contributed by atoms with E-state index in [9.17, 15) is 18.3 Å². The summed E-state index contributed by atoms with van der Waals surface area (Å²) < 4.78 is 26.3. The molecule has 0 bridgehead atoms. The van der Waals surface area contributed by atoms with Crippen molar-refractivity contribution in [2.24, 2.45) is 0 Å². The maximum atomic E-state index is 12.5. The first-order valence-electron chi connectivity index (χ1n) is 7.45. The fourth-order valence-corrected chi connectivity index (χ4v) is 3.88. The highest BCUT2D eigenvalue weighted by molar-refractivity contribution is 7.89. The van der Waals surface area contributed by atoms with Crippen LogP contribution in [0.15, 0.2) is 23.1 Å². The molecule has 1 N–H and O–H groups in total. The molecular formula is C15H24N2O4S. The second-order valence-electron chi connectivity index (χ2n) is 4.75. The highest BCUT2D eigenvalue weighted by Crippen LogP contribution is 2.26. The highest BCUT2D eigenvalue weighted by Gasteiger charge is 2.24. The second-order valence-corrected chi connectivity index (χ2v) is 6.68. The van der Waals surface area contributed by atoms with Gasteiger partial charge < -0.3 is 10.0 Å². The SMILES string of the molecule is CCN(CC)c1ccc(S(=O)(=O)N(CC)CC)cc1C(=O)O. The molecule has 0 atom stereocenters. The van der Waals surface area contributed by atoms with Gasteiger partial charge in [-0.15, -0.1) is 0 Å². The van der Waals surface area contributed by atoms with Crippen molar-refractivity contribution in [2.75, 3.05) is 31.1 Å². The van der Waals surface area contributed by atoms with E-state index in [1.807, 2.05) is 18.7 Å². The fourth-order valence-electron chi connectivity index (χ4n) is 2.40. The molecule has 0 fully saturated rings. The Balaban J connectivity index is 3.44. The van der Waals surface area contributed by atoms with Crippen LogP contribution >= 0.6 is 0 Å². The molecule has 1 aromatic carbocycles. The van der Waals surface area contributed by atoms with Gasteiger partial charge >= 0.3 is 5.97 Å². The van der Waals surface area contributed by atoms with Crippen LogP contribution in [-0.2, 0) is 10.0 Å². The van der Waals surface area contributed by atoms with Crippen molar-refractivity contribution in [1.29, 1.82) is 0 Å². The summed E-state index contributed by atoms with van der Waals surface area (Å²) in [5.74, 6) is -1.13. The Morgan fingerprint density at radius 2 is 1.59 bits per heavy atom. The monoisotopic (exact) mass is 328 g/mol. The predicted octanol–water partition coefficient (Wildman–Crippen LogP) is 2.26. The van der Waals surface area contributed by atoms with Crippen LogP contribution in [0.4, 0.5) is 5.69 Å². The van der Waals surface area contributed by atoms with Crippen molar-refractivity contribution in [2.45, 2.75) is 32.6 Å². The summed E-state index contributed by atoms with van der Waals surface area (Å²) >= 11 is 0. The number of nitrogens with zero attached hydrogens (tertiary/aromatic N) is 2. The molecule has 0 aliphatic carbocycles. The minimum Gasteiger partial charge on any atom is -0.478 e. The minimum absolute atomic E-state index is 0.0110. The molecule has 0 aliphatic heterocycles. The number of carboxylic acids is 1. The number of hydrogen-bond donors (Lipinski definition) is 1. The molecule has 0 aliphatic rings. The van der Waals surface area contributed by atoms with E-state index in [1.54, 1.807) is 19.9 Å². The van der Waals surface area contributed by atoms with Gasteiger partial charge in [0, 0.05) is 26.2 Å². The van der Waals surface area contributed by atoms with Crippen molar-refractivity contribution in [3.63, 3.8) is 0 Å². The van der Waals surface area contributed by atoms with Gasteiger partial charge in [0.05, 0.1) is 16.1 Å². The third kappa shape index (κ3) is 3.59. The Morgan fingerprint density at radius 1 is 1.05 bits per heavy atom. The molecule has 22 heavy (non-hydrogen) atoms. The van der Waals surface area contributed by atoms with Crippen molar-refractivity contribution < 1.29 is 18.3 Å². The van der Waals surface area contributed by atoms with Crippen LogP contribution in [-0.4, -0.2) is 50.0 Å². The van der Waals surface area contributed by atoms with Gasteiger partial charge in [-0.1, -0.05) is 13.8 Å². The summed E-state index contributed by atoms with van der Waals surface area (Å²) in [7, 11) is -3.66. The summed E-state index contributed by atoms with van der Waals surface area (Å²) in [4.78, 5) is 13.4. The number of carbonyl (C=O) groups is 1. The Hall–Kier alpha value is -1.60. The van der Waals surface area contributed by atoms with E-state index in [0.29, 0.717) is 31.9 Å². The van der Waals surface area contributed by atoms with E-state index < -0.39 is 16.0 Å². The number of benzene rings is 1. The van der Waals surface area contributed by atoms with Crippen LogP contribution in [0.3, 0.4) is 0 Å². The predicted molar refractivity (Wildman–Crippen MR) is 87.1 cm³/mol. The molecule has 1 aromatic rings. The number of sulfonamides is 1. The van der Waals surface area contributed by atoms with Gasteiger partial charge in [0.2, 0.25) is 10.0 Å². The lowest BCUT2D eigenvalue weighted by molar-refractivity contribution is 0.0697. The number of hydrogen-bond acceptors (Lipinski definition) is 4. The van der Waals surface area contributed by atoms with Crippen LogP contribution in [0.25, 0.3) is 0 Å². The largest absolute Gasteiger partial charge is 0.478 e. The summed E-state index contributed by atoms with van der Waals surface area (Å²) in [6.45, 7) is 9.36. The smallest absolute Gasteiger partial charge is 0.337 e. The lowest BCUT2D eigenvalue weighted by Crippen LogP contribution is -2.31. The quantitative estimate of drug-likeness (QED) is 0.792. The van der Waals surface area contributed by atoms with E-state index in [2.05, 4.69) is 0 Å². The molecule has 0 radical (unpaired) electrons. The topological polar surface area (TPSA) is 77.9 Å². The van der Waals surface area contributed by atoms with Gasteiger partial charge in [-0.25, -0.2) is 13.2 Å². The van der Waals surface area contributed by atoms with Gasteiger partial charge in [0.15, 0.2) is 0 Å². The number of aromatic carboxylic acids is 1. The Morgan fingerprint density at radius 3 is 2.00 bits per heavy atom. The number of anilines is 1. The average molecular weight is 328 g/mol. The first-order chi connectivity index (χ1) is 10.3. The van der Waals surface area contributed by atoms with Crippen molar-refractivity contribution in [1.82, 2.24) is 4.31 Å². The van der Waals surface area contributed by atoms with Crippen molar-refractivity contribution >= 4 is 21.7 Å². The molecule has 0 amide bonds. The van der Waals surface area contributed by atoms with Gasteiger partial charge in [-0.05, 0) is 32.0 Å². The number of carboxylic acid groups (broad SMARTS) is 1. The van der Waals surface area contributed by atoms with E-state index in [-0.39, 0.29) is 10.5 Å². The molecule has 0 unspecified atom stereocenters. The lowest BCUT2D eigenvalue weighted by atomic mass is 10.1. The molecular weight excluding hydrogens is 304 g/mol. The number of rotatable bonds is 8. The molecule has 0 heterocycles. The van der Waals surface area contributed by atoms with Crippen LogP contribution < -0.4 is 4.90 Å². The summed E-state index contributed by atoms with van der Waals surface area (Å²) in [6, 6.07) is 4.31. The molecule has 0 spiro atoms. The Labute approximate surface area is 132 Å². The van der Waals surface area contributed by atoms with Crippen LogP contribution in [0.2, 0.25) is 0 Å². The van der Waals surface area contributed by atoms with Gasteiger partial charge in [0.25, 0.3) is 0 Å². The zero-order chi connectivity index (χ0) is 16.9. The zero-order valence-electron chi connectivity index (χ0n) is 13.5. The maximum absolute atomic E-state index is 12.5. The maximum Gasteiger partial charge on any atom is 0.337 e. The van der Waals surface area contributed by atoms with E-state index >= 15 is 0 Å². The second kappa shape index (κ2) is 7.60. The molecule has 1 rings (SSSR count). The standard InChI is InChI=1S/C15H24N2O4S/c1-5-16(6-2)14-10-9-12(11-13(14)15(18)19)22(20,21)17(7-3)8-4/h9-11H,5-8H2,1-4H3,(H,18,19). The van der Waals surface area contributed by atoms with Gasteiger partial charge in [0.1, 0.15) is 0 Å². The average Bonchev–Trinajstić information content (AvgIpc) is 2.49. The van der Waals surface area contributed by atoms with Gasteiger partial charge in [-0.2, -0.15) is 4.31 Å². The zero-order valence-corrected chi connectivity index (χ0v) is 14.4. The first-order valence-corrected chi connectivity index (χ1v) is 8.89. The Bertz CT molecular complexity index is 620. The normalized spacial score (nSPS) is 11.7. The van der Waals surface area contributed by atoms with Crippen molar-refractivity contribution in [3.8, 4) is 0 Å². The van der Waals surface area contributed by atoms with Gasteiger partial charge in [-0.3, -0.25) is 0 Å². The van der Waals surface area contributed by atoms with E-state index in [1.165, 1.54) is 16.4 Å². The van der Waals surface area contributed by atoms with Crippen molar-refractivity contribution in [3.05, 3.63) is 23.8 Å². The van der Waals surface area contributed by atoms with Crippen LogP contribution in [0.1, 0.15) is 38.1 Å². The molecule has 124 valence electrons. The third-order valence-corrected chi connectivity index (χ3v) is 5.69. The lowest BCUT2D eigenvalue weighted by Gasteiger charge is -2.24. The first kappa shape index (κ1) is 18.4. The molecule has 0 saturated heterocycles. The summed E-state index contributed by atoms with van der Waals surface area (Å²) in [5, 5.41) is 9.41. The molecule has 7 heteroatoms. The van der Waals surface area contributed by atoms with E-state index in [0.717, 1.165) is 0 Å². The highest BCUT2D eigenvalue weighted by atomic mass is 32.2. The van der Waals surface area contributed by atoms with Crippen LogP contribution in [0, 0.1) is 0 Å². The van der Waals surface area contributed by atoms with Crippen LogP contribution in [0.5, 0.6) is 0 Å². The molecule has 0 aromatic heterocycles.